The Bertz CT molecular complexity index is 343. The van der Waals surface area contributed by atoms with Crippen molar-refractivity contribution in [3.8, 4) is 0 Å². The molecule has 1 fully saturated rings. The Morgan fingerprint density at radius 2 is 2.06 bits per heavy atom. The molecule has 1 atom stereocenters. The van der Waals surface area contributed by atoms with E-state index in [0.29, 0.717) is 6.04 Å². The molecule has 1 aromatic carbocycles. The average Bonchev–Trinajstić information content (AvgIpc) is 2.37. The van der Waals surface area contributed by atoms with E-state index < -0.39 is 0 Å². The molecule has 94 valence electrons. The maximum atomic E-state index is 5.81. The minimum absolute atomic E-state index is 0.608. The summed E-state index contributed by atoms with van der Waals surface area (Å²) >= 11 is 0. The second kappa shape index (κ2) is 5.95. The van der Waals surface area contributed by atoms with Gasteiger partial charge in [0.2, 0.25) is 0 Å². The zero-order valence-corrected chi connectivity index (χ0v) is 10.8. The molecular weight excluding hydrogens is 208 g/mol. The van der Waals surface area contributed by atoms with Crippen LogP contribution in [0.2, 0.25) is 0 Å². The maximum Gasteiger partial charge on any atom is 0.0363 e. The van der Waals surface area contributed by atoms with Gasteiger partial charge in [-0.1, -0.05) is 32.3 Å². The van der Waals surface area contributed by atoms with E-state index in [2.05, 4.69) is 18.3 Å². The van der Waals surface area contributed by atoms with Crippen molar-refractivity contribution < 1.29 is 0 Å². The van der Waals surface area contributed by atoms with Crippen LogP contribution in [0.4, 0.5) is 11.4 Å². The van der Waals surface area contributed by atoms with Crippen molar-refractivity contribution >= 4 is 11.4 Å². The van der Waals surface area contributed by atoms with Crippen molar-refractivity contribution in [1.82, 2.24) is 0 Å². The highest BCUT2D eigenvalue weighted by Gasteiger charge is 2.21. The summed E-state index contributed by atoms with van der Waals surface area (Å²) in [6, 6.07) is 8.71. The highest BCUT2D eigenvalue weighted by Crippen LogP contribution is 2.29. The minimum Gasteiger partial charge on any atom is -0.399 e. The molecule has 1 saturated carbocycles. The first kappa shape index (κ1) is 12.3. The standard InChI is InChI=1S/C15H24N2/c1-2-15(12-7-4-3-5-8-12)17-14-10-6-9-13(16)11-14/h6,9-12,15,17H,2-5,7-8,16H2,1H3. The molecule has 2 heteroatoms. The molecule has 0 heterocycles. The fourth-order valence-electron chi connectivity index (χ4n) is 2.93. The average molecular weight is 232 g/mol. The number of anilines is 2. The van der Waals surface area contributed by atoms with Crippen LogP contribution in [0, 0.1) is 5.92 Å². The number of benzene rings is 1. The Hall–Kier alpha value is -1.18. The molecule has 1 unspecified atom stereocenters. The summed E-state index contributed by atoms with van der Waals surface area (Å²) in [5, 5.41) is 3.66. The summed E-state index contributed by atoms with van der Waals surface area (Å²) in [7, 11) is 0. The lowest BCUT2D eigenvalue weighted by molar-refractivity contribution is 0.313. The van der Waals surface area contributed by atoms with Crippen LogP contribution in [0.15, 0.2) is 24.3 Å². The summed E-state index contributed by atoms with van der Waals surface area (Å²) in [4.78, 5) is 0. The van der Waals surface area contributed by atoms with Crippen molar-refractivity contribution in [3.05, 3.63) is 24.3 Å². The van der Waals surface area contributed by atoms with Gasteiger partial charge in [0, 0.05) is 17.4 Å². The molecular formula is C15H24N2. The Kier molecular flexibility index (Phi) is 4.29. The maximum absolute atomic E-state index is 5.81. The van der Waals surface area contributed by atoms with Gasteiger partial charge in [0.25, 0.3) is 0 Å². The molecule has 0 saturated heterocycles. The van der Waals surface area contributed by atoms with Gasteiger partial charge < -0.3 is 11.1 Å². The van der Waals surface area contributed by atoms with Crippen LogP contribution in [-0.2, 0) is 0 Å². The van der Waals surface area contributed by atoms with Crippen molar-refractivity contribution in [2.75, 3.05) is 11.1 Å². The van der Waals surface area contributed by atoms with Crippen LogP contribution < -0.4 is 11.1 Å². The van der Waals surface area contributed by atoms with Crippen LogP contribution >= 0.6 is 0 Å². The first-order valence-electron chi connectivity index (χ1n) is 6.91. The van der Waals surface area contributed by atoms with Gasteiger partial charge in [0.1, 0.15) is 0 Å². The number of rotatable bonds is 4. The van der Waals surface area contributed by atoms with Crippen molar-refractivity contribution in [2.24, 2.45) is 5.92 Å². The van der Waals surface area contributed by atoms with E-state index in [0.717, 1.165) is 11.6 Å². The summed E-state index contributed by atoms with van der Waals surface area (Å²) in [6.07, 6.45) is 8.19. The third-order valence-corrected chi connectivity index (χ3v) is 3.90. The number of nitrogens with one attached hydrogen (secondary N) is 1. The summed E-state index contributed by atoms with van der Waals surface area (Å²) in [6.45, 7) is 2.28. The number of hydrogen-bond donors (Lipinski definition) is 2. The van der Waals surface area contributed by atoms with Gasteiger partial charge in [-0.25, -0.2) is 0 Å². The van der Waals surface area contributed by atoms with Crippen LogP contribution in [0.25, 0.3) is 0 Å². The smallest absolute Gasteiger partial charge is 0.0363 e. The topological polar surface area (TPSA) is 38.0 Å². The van der Waals surface area contributed by atoms with E-state index in [1.54, 1.807) is 0 Å². The second-order valence-electron chi connectivity index (χ2n) is 5.18. The molecule has 0 aromatic heterocycles. The van der Waals surface area contributed by atoms with Crippen molar-refractivity contribution in [1.29, 1.82) is 0 Å². The molecule has 2 nitrogen and oxygen atoms in total. The van der Waals surface area contributed by atoms with E-state index in [4.69, 9.17) is 5.73 Å². The highest BCUT2D eigenvalue weighted by molar-refractivity contribution is 5.54. The third-order valence-electron chi connectivity index (χ3n) is 3.90. The van der Waals surface area contributed by atoms with Crippen LogP contribution in [0.1, 0.15) is 45.4 Å². The Labute approximate surface area is 105 Å². The predicted molar refractivity (Wildman–Crippen MR) is 75.1 cm³/mol. The minimum atomic E-state index is 0.608. The van der Waals surface area contributed by atoms with E-state index in [9.17, 15) is 0 Å². The van der Waals surface area contributed by atoms with E-state index >= 15 is 0 Å². The largest absolute Gasteiger partial charge is 0.399 e. The molecule has 1 aromatic rings. The molecule has 0 amide bonds. The monoisotopic (exact) mass is 232 g/mol. The molecule has 3 N–H and O–H groups in total. The second-order valence-corrected chi connectivity index (χ2v) is 5.18. The predicted octanol–water partition coefficient (Wildman–Crippen LogP) is 4.04. The first-order valence-corrected chi connectivity index (χ1v) is 6.91. The highest BCUT2D eigenvalue weighted by atomic mass is 14.9. The van der Waals surface area contributed by atoms with Crippen molar-refractivity contribution in [2.45, 2.75) is 51.5 Å². The third kappa shape index (κ3) is 3.39. The van der Waals surface area contributed by atoms with Gasteiger partial charge in [0.15, 0.2) is 0 Å². The molecule has 0 spiro atoms. The Balaban J connectivity index is 1.98. The molecule has 0 aliphatic heterocycles. The first-order chi connectivity index (χ1) is 8.29. The van der Waals surface area contributed by atoms with Gasteiger partial charge in [0.05, 0.1) is 0 Å². The normalized spacial score (nSPS) is 18.9. The van der Waals surface area contributed by atoms with E-state index in [1.165, 1.54) is 44.2 Å². The van der Waals surface area contributed by atoms with Gasteiger partial charge >= 0.3 is 0 Å². The van der Waals surface area contributed by atoms with Gasteiger partial charge in [-0.05, 0) is 43.4 Å². The molecule has 2 rings (SSSR count). The van der Waals surface area contributed by atoms with Gasteiger partial charge in [-0.2, -0.15) is 0 Å². The number of nitrogens with two attached hydrogens (primary N) is 1. The lowest BCUT2D eigenvalue weighted by Gasteiger charge is -2.31. The van der Waals surface area contributed by atoms with Gasteiger partial charge in [-0.3, -0.25) is 0 Å². The summed E-state index contributed by atoms with van der Waals surface area (Å²) < 4.78 is 0. The molecule has 17 heavy (non-hydrogen) atoms. The van der Waals surface area contributed by atoms with E-state index in [1.807, 2.05) is 18.2 Å². The van der Waals surface area contributed by atoms with Crippen LogP contribution in [0.5, 0.6) is 0 Å². The zero-order valence-electron chi connectivity index (χ0n) is 10.8. The molecule has 0 radical (unpaired) electrons. The van der Waals surface area contributed by atoms with E-state index in [-0.39, 0.29) is 0 Å². The SMILES string of the molecule is CCC(Nc1cccc(N)c1)C1CCCCC1. The molecule has 0 bridgehead atoms. The van der Waals surface area contributed by atoms with Crippen LogP contribution in [0.3, 0.4) is 0 Å². The molecule has 1 aliphatic rings. The summed E-state index contributed by atoms with van der Waals surface area (Å²) in [5.74, 6) is 0.843. The Morgan fingerprint density at radius 3 is 2.71 bits per heavy atom. The lowest BCUT2D eigenvalue weighted by Crippen LogP contribution is -2.30. The van der Waals surface area contributed by atoms with Gasteiger partial charge in [-0.15, -0.1) is 0 Å². The van der Waals surface area contributed by atoms with Crippen molar-refractivity contribution in [3.63, 3.8) is 0 Å². The lowest BCUT2D eigenvalue weighted by atomic mass is 9.83. The van der Waals surface area contributed by atoms with Crippen LogP contribution in [-0.4, -0.2) is 6.04 Å². The Morgan fingerprint density at radius 1 is 1.29 bits per heavy atom. The fourth-order valence-corrected chi connectivity index (χ4v) is 2.93. The molecule has 1 aliphatic carbocycles. The zero-order chi connectivity index (χ0) is 12.1. The fraction of sp³-hybridized carbons (Fsp3) is 0.600. The summed E-state index contributed by atoms with van der Waals surface area (Å²) in [5.41, 5.74) is 7.82. The number of nitrogen functional groups attached to an aromatic ring is 1. The number of hydrogen-bond acceptors (Lipinski definition) is 2. The quantitative estimate of drug-likeness (QED) is 0.769.